The Morgan fingerprint density at radius 2 is 2.00 bits per heavy atom. The molecule has 5 atom stereocenters. The monoisotopic (exact) mass is 285 g/mol. The second-order valence-electron chi connectivity index (χ2n) is 5.40. The van der Waals surface area contributed by atoms with Gasteiger partial charge in [-0.05, 0) is 20.8 Å². The largest absolute Gasteiger partial charge is 0.438 e. The summed E-state index contributed by atoms with van der Waals surface area (Å²) in [6, 6.07) is 2.02. The number of rotatable bonds is 2. The number of hydrogen-bond donors (Lipinski definition) is 0. The van der Waals surface area contributed by atoms with Crippen molar-refractivity contribution >= 4 is 5.97 Å². The predicted molar refractivity (Wildman–Crippen MR) is 65.3 cm³/mol. The molecule has 0 unspecified atom stereocenters. The van der Waals surface area contributed by atoms with Crippen LogP contribution in [0.3, 0.4) is 0 Å². The van der Waals surface area contributed by atoms with Crippen LogP contribution in [0.4, 0.5) is 0 Å². The van der Waals surface area contributed by atoms with Crippen LogP contribution in [-0.2, 0) is 28.5 Å². The molecule has 2 heterocycles. The SMILES string of the molecule is CO[C@@H]1O[C@@H](C)[C@](C#N)(OC(C)=O)[C@H]2OC(C)(C)O[C@@H]12. The highest BCUT2D eigenvalue weighted by atomic mass is 16.8. The molecule has 0 aromatic heterocycles. The van der Waals surface area contributed by atoms with Crippen molar-refractivity contribution in [1.29, 1.82) is 5.26 Å². The number of nitrogens with zero attached hydrogens (tertiary/aromatic N) is 1. The quantitative estimate of drug-likeness (QED) is 0.691. The van der Waals surface area contributed by atoms with E-state index in [-0.39, 0.29) is 0 Å². The maximum atomic E-state index is 11.4. The molecule has 2 aliphatic heterocycles. The lowest BCUT2D eigenvalue weighted by molar-refractivity contribution is -0.283. The van der Waals surface area contributed by atoms with E-state index >= 15 is 0 Å². The van der Waals surface area contributed by atoms with Gasteiger partial charge in [0.1, 0.15) is 24.4 Å². The van der Waals surface area contributed by atoms with Crippen LogP contribution in [-0.4, -0.2) is 49.1 Å². The van der Waals surface area contributed by atoms with Gasteiger partial charge in [-0.1, -0.05) is 0 Å². The molecule has 112 valence electrons. The lowest BCUT2D eigenvalue weighted by Gasteiger charge is -2.44. The van der Waals surface area contributed by atoms with E-state index in [1.165, 1.54) is 14.0 Å². The van der Waals surface area contributed by atoms with E-state index in [4.69, 9.17) is 23.7 Å². The summed E-state index contributed by atoms with van der Waals surface area (Å²) in [6.07, 6.45) is -2.82. The average molecular weight is 285 g/mol. The van der Waals surface area contributed by atoms with Crippen molar-refractivity contribution in [2.45, 2.75) is 63.7 Å². The highest BCUT2D eigenvalue weighted by Gasteiger charge is 2.65. The lowest BCUT2D eigenvalue weighted by Crippen LogP contribution is -2.65. The minimum absolute atomic E-state index is 0.579. The average Bonchev–Trinajstić information content (AvgIpc) is 2.68. The maximum absolute atomic E-state index is 11.4. The van der Waals surface area contributed by atoms with E-state index in [1.807, 2.05) is 6.07 Å². The van der Waals surface area contributed by atoms with Gasteiger partial charge in [0, 0.05) is 14.0 Å². The third-order valence-corrected chi connectivity index (χ3v) is 3.48. The summed E-state index contributed by atoms with van der Waals surface area (Å²) in [5.74, 6) is -1.49. The Morgan fingerprint density at radius 1 is 1.35 bits per heavy atom. The van der Waals surface area contributed by atoms with Gasteiger partial charge in [-0.25, -0.2) is 0 Å². The normalized spacial score (nSPS) is 42.6. The summed E-state index contributed by atoms with van der Waals surface area (Å²) in [5.41, 5.74) is -1.56. The standard InChI is InChI=1S/C13H19NO6/c1-7-13(6-14,18-8(2)15)10-9(11(16-5)17-7)19-12(3,4)20-10/h7,9-11H,1-5H3/t7-,9+,10-,11+,13-/m0/s1. The fourth-order valence-electron chi connectivity index (χ4n) is 2.68. The van der Waals surface area contributed by atoms with Crippen molar-refractivity contribution in [2.24, 2.45) is 0 Å². The van der Waals surface area contributed by atoms with Crippen LogP contribution >= 0.6 is 0 Å². The number of esters is 1. The van der Waals surface area contributed by atoms with Crippen molar-refractivity contribution in [3.8, 4) is 6.07 Å². The highest BCUT2D eigenvalue weighted by Crippen LogP contribution is 2.44. The predicted octanol–water partition coefficient (Wildman–Crippen LogP) is 0.723. The van der Waals surface area contributed by atoms with Crippen LogP contribution in [0.15, 0.2) is 0 Å². The zero-order valence-corrected chi connectivity index (χ0v) is 12.2. The summed E-state index contributed by atoms with van der Waals surface area (Å²) < 4.78 is 27.6. The number of carbonyl (C=O) groups is 1. The third kappa shape index (κ3) is 2.29. The molecule has 0 saturated carbocycles. The van der Waals surface area contributed by atoms with Crippen molar-refractivity contribution in [2.75, 3.05) is 7.11 Å². The molecule has 0 spiro atoms. The van der Waals surface area contributed by atoms with Gasteiger partial charge in [0.2, 0.25) is 0 Å². The van der Waals surface area contributed by atoms with Gasteiger partial charge < -0.3 is 23.7 Å². The number of carbonyl (C=O) groups excluding carboxylic acids is 1. The summed E-state index contributed by atoms with van der Waals surface area (Å²) in [4.78, 5) is 11.4. The minimum Gasteiger partial charge on any atom is -0.438 e. The first-order valence-electron chi connectivity index (χ1n) is 6.40. The molecule has 7 nitrogen and oxygen atoms in total. The van der Waals surface area contributed by atoms with Gasteiger partial charge in [0.05, 0.1) is 0 Å². The van der Waals surface area contributed by atoms with E-state index in [0.29, 0.717) is 0 Å². The Balaban J connectivity index is 2.42. The molecule has 7 heteroatoms. The second-order valence-corrected chi connectivity index (χ2v) is 5.40. The smallest absolute Gasteiger partial charge is 0.304 e. The molecule has 2 rings (SSSR count). The molecule has 0 amide bonds. The number of hydrogen-bond acceptors (Lipinski definition) is 7. The summed E-state index contributed by atoms with van der Waals surface area (Å²) in [6.45, 7) is 6.32. The van der Waals surface area contributed by atoms with E-state index < -0.39 is 42.0 Å². The van der Waals surface area contributed by atoms with E-state index in [2.05, 4.69) is 0 Å². The number of methoxy groups -OCH3 is 1. The van der Waals surface area contributed by atoms with Crippen LogP contribution in [0.1, 0.15) is 27.7 Å². The number of fused-ring (bicyclic) bond motifs is 1. The van der Waals surface area contributed by atoms with Gasteiger partial charge in [-0.2, -0.15) is 5.26 Å². The summed E-state index contributed by atoms with van der Waals surface area (Å²) in [7, 11) is 1.48. The molecule has 0 bridgehead atoms. The molecule has 0 N–H and O–H groups in total. The van der Waals surface area contributed by atoms with Gasteiger partial charge in [-0.3, -0.25) is 4.79 Å². The molecule has 0 aromatic rings. The van der Waals surface area contributed by atoms with E-state index in [1.54, 1.807) is 20.8 Å². The molecular formula is C13H19NO6. The molecule has 0 aromatic carbocycles. The Labute approximate surface area is 117 Å². The maximum Gasteiger partial charge on any atom is 0.304 e. The van der Waals surface area contributed by atoms with Crippen LogP contribution in [0.5, 0.6) is 0 Å². The fraction of sp³-hybridized carbons (Fsp3) is 0.846. The van der Waals surface area contributed by atoms with Crippen LogP contribution < -0.4 is 0 Å². The first kappa shape index (κ1) is 15.2. The van der Waals surface area contributed by atoms with Crippen LogP contribution in [0.2, 0.25) is 0 Å². The summed E-state index contributed by atoms with van der Waals surface area (Å²) in [5, 5.41) is 9.55. The van der Waals surface area contributed by atoms with E-state index in [0.717, 1.165) is 0 Å². The number of ether oxygens (including phenoxy) is 5. The molecule has 0 aliphatic carbocycles. The van der Waals surface area contributed by atoms with Crippen molar-refractivity contribution in [3.63, 3.8) is 0 Å². The first-order chi connectivity index (χ1) is 9.25. The van der Waals surface area contributed by atoms with Gasteiger partial charge >= 0.3 is 5.97 Å². The Bertz CT molecular complexity index is 445. The second kappa shape index (κ2) is 4.97. The molecule has 2 fully saturated rings. The molecule has 2 saturated heterocycles. The topological polar surface area (TPSA) is 87.0 Å². The van der Waals surface area contributed by atoms with Gasteiger partial charge in [-0.15, -0.1) is 0 Å². The minimum atomic E-state index is -1.56. The molecule has 20 heavy (non-hydrogen) atoms. The Kier molecular flexibility index (Phi) is 3.77. The molecular weight excluding hydrogens is 266 g/mol. The Hall–Kier alpha value is -1.20. The highest BCUT2D eigenvalue weighted by molar-refractivity contribution is 5.67. The molecule has 2 aliphatic rings. The summed E-state index contributed by atoms with van der Waals surface area (Å²) >= 11 is 0. The lowest BCUT2D eigenvalue weighted by atomic mass is 9.85. The van der Waals surface area contributed by atoms with Crippen molar-refractivity contribution < 1.29 is 28.5 Å². The Morgan fingerprint density at radius 3 is 2.50 bits per heavy atom. The van der Waals surface area contributed by atoms with Crippen LogP contribution in [0, 0.1) is 11.3 Å². The fourth-order valence-corrected chi connectivity index (χ4v) is 2.68. The van der Waals surface area contributed by atoms with Gasteiger partial charge in [0.15, 0.2) is 12.1 Å². The number of nitriles is 1. The zero-order valence-electron chi connectivity index (χ0n) is 12.2. The van der Waals surface area contributed by atoms with Crippen molar-refractivity contribution in [3.05, 3.63) is 0 Å². The van der Waals surface area contributed by atoms with Crippen LogP contribution in [0.25, 0.3) is 0 Å². The molecule has 0 radical (unpaired) electrons. The van der Waals surface area contributed by atoms with Gasteiger partial charge in [0.25, 0.3) is 5.60 Å². The third-order valence-electron chi connectivity index (χ3n) is 3.48. The first-order valence-corrected chi connectivity index (χ1v) is 6.40. The van der Waals surface area contributed by atoms with Crippen molar-refractivity contribution in [1.82, 2.24) is 0 Å². The zero-order chi connectivity index (χ0) is 15.1. The van der Waals surface area contributed by atoms with E-state index in [9.17, 15) is 10.1 Å².